The highest BCUT2D eigenvalue weighted by molar-refractivity contribution is 7.10. The first-order valence-electron chi connectivity index (χ1n) is 7.31. The molecule has 106 valence electrons. The van der Waals surface area contributed by atoms with E-state index >= 15 is 0 Å². The Morgan fingerprint density at radius 1 is 1.14 bits per heavy atom. The van der Waals surface area contributed by atoms with Crippen molar-refractivity contribution in [2.75, 3.05) is 5.32 Å². The first-order chi connectivity index (χ1) is 10.4. The summed E-state index contributed by atoms with van der Waals surface area (Å²) in [5, 5.41) is 10.3. The topological polar surface area (TPSA) is 29.9 Å². The molecule has 1 saturated carbocycles. The summed E-state index contributed by atoms with van der Waals surface area (Å²) in [5.74, 6) is 0.759. The van der Waals surface area contributed by atoms with Crippen LogP contribution in [0, 0.1) is 5.92 Å². The van der Waals surface area contributed by atoms with Crippen LogP contribution in [0.5, 0.6) is 0 Å². The van der Waals surface area contributed by atoms with E-state index in [-0.39, 0.29) is 0 Å². The summed E-state index contributed by atoms with van der Waals surface area (Å²) < 4.78 is 1.92. The Kier molecular flexibility index (Phi) is 3.24. The molecule has 0 saturated heterocycles. The van der Waals surface area contributed by atoms with Crippen molar-refractivity contribution in [1.29, 1.82) is 0 Å². The van der Waals surface area contributed by atoms with Gasteiger partial charge in [-0.1, -0.05) is 18.2 Å². The standard InChI is InChI=1S/C17H17N3S/c1-2-6-15(20-11-4-10-18-20)14(5-1)19-17(13-8-9-13)16-7-3-12-21-16/h1-7,10-13,17,19H,8-9H2. The normalized spacial score (nSPS) is 15.8. The van der Waals surface area contributed by atoms with Crippen LogP contribution in [0.2, 0.25) is 0 Å². The van der Waals surface area contributed by atoms with Gasteiger partial charge in [-0.3, -0.25) is 0 Å². The van der Waals surface area contributed by atoms with Crippen LogP contribution in [0.1, 0.15) is 23.8 Å². The van der Waals surface area contributed by atoms with Gasteiger partial charge in [-0.2, -0.15) is 5.10 Å². The van der Waals surface area contributed by atoms with Crippen LogP contribution in [0.3, 0.4) is 0 Å². The predicted molar refractivity (Wildman–Crippen MR) is 87.0 cm³/mol. The third-order valence-electron chi connectivity index (χ3n) is 3.91. The molecule has 21 heavy (non-hydrogen) atoms. The Bertz CT molecular complexity index is 699. The summed E-state index contributed by atoms with van der Waals surface area (Å²) in [6.45, 7) is 0. The zero-order valence-electron chi connectivity index (χ0n) is 11.6. The number of nitrogens with zero attached hydrogens (tertiary/aromatic N) is 2. The monoisotopic (exact) mass is 295 g/mol. The molecule has 4 rings (SSSR count). The van der Waals surface area contributed by atoms with Crippen LogP contribution in [0.15, 0.2) is 60.2 Å². The van der Waals surface area contributed by atoms with Gasteiger partial charge in [0.25, 0.3) is 0 Å². The molecule has 1 N–H and O–H groups in total. The minimum absolute atomic E-state index is 0.418. The minimum atomic E-state index is 0.418. The Labute approximate surface area is 128 Å². The Morgan fingerprint density at radius 2 is 2.05 bits per heavy atom. The maximum absolute atomic E-state index is 4.36. The van der Waals surface area contributed by atoms with E-state index < -0.39 is 0 Å². The van der Waals surface area contributed by atoms with Crippen LogP contribution in [-0.4, -0.2) is 9.78 Å². The highest BCUT2D eigenvalue weighted by Gasteiger charge is 2.33. The van der Waals surface area contributed by atoms with Crippen molar-refractivity contribution in [3.63, 3.8) is 0 Å². The number of aromatic nitrogens is 2. The number of hydrogen-bond acceptors (Lipinski definition) is 3. The molecule has 0 amide bonds. The molecule has 1 atom stereocenters. The van der Waals surface area contributed by atoms with E-state index in [0.29, 0.717) is 6.04 Å². The largest absolute Gasteiger partial charge is 0.375 e. The van der Waals surface area contributed by atoms with E-state index in [1.165, 1.54) is 17.7 Å². The smallest absolute Gasteiger partial charge is 0.0877 e. The highest BCUT2D eigenvalue weighted by atomic mass is 32.1. The summed E-state index contributed by atoms with van der Waals surface area (Å²) in [7, 11) is 0. The van der Waals surface area contributed by atoms with Crippen LogP contribution >= 0.6 is 11.3 Å². The van der Waals surface area contributed by atoms with Crippen molar-refractivity contribution in [1.82, 2.24) is 9.78 Å². The summed E-state index contributed by atoms with van der Waals surface area (Å²) in [6, 6.07) is 15.1. The molecule has 1 fully saturated rings. The number of thiophene rings is 1. The number of benzene rings is 1. The molecule has 1 aromatic carbocycles. The first-order valence-corrected chi connectivity index (χ1v) is 8.19. The molecule has 2 heterocycles. The SMILES string of the molecule is c1csc(C(Nc2ccccc2-n2cccn2)C2CC2)c1. The van der Waals surface area contributed by atoms with Gasteiger partial charge in [-0.05, 0) is 48.4 Å². The van der Waals surface area contributed by atoms with Gasteiger partial charge in [-0.15, -0.1) is 11.3 Å². The molecule has 1 aliphatic carbocycles. The lowest BCUT2D eigenvalue weighted by Gasteiger charge is -2.20. The average Bonchev–Trinajstić information content (AvgIpc) is 3.01. The zero-order chi connectivity index (χ0) is 14.1. The second-order valence-corrected chi connectivity index (χ2v) is 6.42. The third-order valence-corrected chi connectivity index (χ3v) is 4.86. The fourth-order valence-corrected chi connectivity index (χ4v) is 3.56. The van der Waals surface area contributed by atoms with E-state index in [9.17, 15) is 0 Å². The molecule has 1 unspecified atom stereocenters. The van der Waals surface area contributed by atoms with Crippen LogP contribution in [-0.2, 0) is 0 Å². The molecule has 0 bridgehead atoms. The molecule has 4 heteroatoms. The highest BCUT2D eigenvalue weighted by Crippen LogP contribution is 2.44. The van der Waals surface area contributed by atoms with E-state index in [0.717, 1.165) is 17.3 Å². The first kappa shape index (κ1) is 12.7. The van der Waals surface area contributed by atoms with E-state index in [1.54, 1.807) is 0 Å². The van der Waals surface area contributed by atoms with Crippen molar-refractivity contribution in [2.45, 2.75) is 18.9 Å². The van der Waals surface area contributed by atoms with E-state index in [2.05, 4.69) is 52.2 Å². The molecular formula is C17H17N3S. The van der Waals surface area contributed by atoms with Gasteiger partial charge in [0.15, 0.2) is 0 Å². The fraction of sp³-hybridized carbons (Fsp3) is 0.235. The quantitative estimate of drug-likeness (QED) is 0.751. The molecule has 0 radical (unpaired) electrons. The number of anilines is 1. The van der Waals surface area contributed by atoms with Crippen LogP contribution in [0.25, 0.3) is 5.69 Å². The summed E-state index contributed by atoms with van der Waals surface area (Å²) in [6.07, 6.45) is 6.44. The van der Waals surface area contributed by atoms with Crippen molar-refractivity contribution in [2.24, 2.45) is 5.92 Å². The maximum Gasteiger partial charge on any atom is 0.0877 e. The maximum atomic E-state index is 4.36. The minimum Gasteiger partial charge on any atom is -0.375 e. The van der Waals surface area contributed by atoms with Crippen molar-refractivity contribution in [3.05, 3.63) is 65.1 Å². The molecule has 2 aromatic heterocycles. The molecule has 0 spiro atoms. The number of rotatable bonds is 5. The van der Waals surface area contributed by atoms with E-state index in [4.69, 9.17) is 0 Å². The molecule has 3 aromatic rings. The van der Waals surface area contributed by atoms with Gasteiger partial charge in [-0.25, -0.2) is 4.68 Å². The lowest BCUT2D eigenvalue weighted by Crippen LogP contribution is -2.13. The van der Waals surface area contributed by atoms with Gasteiger partial charge in [0.1, 0.15) is 0 Å². The van der Waals surface area contributed by atoms with Gasteiger partial charge < -0.3 is 5.32 Å². The Balaban J connectivity index is 1.67. The second-order valence-electron chi connectivity index (χ2n) is 5.44. The molecular weight excluding hydrogens is 278 g/mol. The predicted octanol–water partition coefficient (Wildman–Crippen LogP) is 4.50. The Hall–Kier alpha value is -2.07. The van der Waals surface area contributed by atoms with Gasteiger partial charge >= 0.3 is 0 Å². The average molecular weight is 295 g/mol. The van der Waals surface area contributed by atoms with Gasteiger partial charge in [0, 0.05) is 17.3 Å². The zero-order valence-corrected chi connectivity index (χ0v) is 12.5. The van der Waals surface area contributed by atoms with Crippen molar-refractivity contribution < 1.29 is 0 Å². The number of para-hydroxylation sites is 2. The van der Waals surface area contributed by atoms with E-state index in [1.807, 2.05) is 34.5 Å². The van der Waals surface area contributed by atoms with Gasteiger partial charge in [0.05, 0.1) is 17.4 Å². The fourth-order valence-electron chi connectivity index (χ4n) is 2.69. The number of hydrogen-bond donors (Lipinski definition) is 1. The third kappa shape index (κ3) is 2.59. The number of nitrogens with one attached hydrogen (secondary N) is 1. The Morgan fingerprint density at radius 3 is 2.76 bits per heavy atom. The van der Waals surface area contributed by atoms with Crippen molar-refractivity contribution in [3.8, 4) is 5.69 Å². The molecule has 3 nitrogen and oxygen atoms in total. The summed E-state index contributed by atoms with van der Waals surface area (Å²) in [5.41, 5.74) is 2.25. The van der Waals surface area contributed by atoms with Gasteiger partial charge in [0.2, 0.25) is 0 Å². The second kappa shape index (κ2) is 5.37. The lowest BCUT2D eigenvalue weighted by molar-refractivity contribution is 0.689. The van der Waals surface area contributed by atoms with Crippen molar-refractivity contribution >= 4 is 17.0 Å². The summed E-state index contributed by atoms with van der Waals surface area (Å²) >= 11 is 1.84. The van der Waals surface area contributed by atoms with Crippen LogP contribution in [0.4, 0.5) is 5.69 Å². The lowest BCUT2D eigenvalue weighted by atomic mass is 10.1. The van der Waals surface area contributed by atoms with Crippen LogP contribution < -0.4 is 5.32 Å². The molecule has 0 aliphatic heterocycles. The molecule has 1 aliphatic rings. The summed E-state index contributed by atoms with van der Waals surface area (Å²) in [4.78, 5) is 1.42.